The molecule has 1 aromatic rings. The summed E-state index contributed by atoms with van der Waals surface area (Å²) in [7, 11) is 5.82. The topological polar surface area (TPSA) is 32.8 Å². The third kappa shape index (κ3) is 3.83. The molecule has 4 nitrogen and oxygen atoms in total. The third-order valence-corrected chi connectivity index (χ3v) is 4.33. The molecule has 0 N–H and O–H groups in total. The highest BCUT2D eigenvalue weighted by molar-refractivity contribution is 5.76. The fraction of sp³-hybridized carbons (Fsp3) is 0.588. The Morgan fingerprint density at radius 1 is 1.29 bits per heavy atom. The van der Waals surface area contributed by atoms with Crippen LogP contribution in [0.5, 0.6) is 0 Å². The lowest BCUT2D eigenvalue weighted by atomic mass is 9.93. The summed E-state index contributed by atoms with van der Waals surface area (Å²) in [6.45, 7) is 4.20. The molecule has 2 atom stereocenters. The second-order valence-electron chi connectivity index (χ2n) is 6.09. The standard InChI is InChI=1S/C17H26N2O2/c1-13-5-7-14(8-6-13)15-11-19(12-16(15)18(2)3)17(20)9-10-21-4/h5-8,15-16H,9-12H2,1-4H3/t15-,16+/m0/s1. The van der Waals surface area contributed by atoms with Crippen LogP contribution in [-0.4, -0.2) is 62.7 Å². The quantitative estimate of drug-likeness (QED) is 0.830. The minimum atomic E-state index is 0.193. The molecule has 4 heteroatoms. The van der Waals surface area contributed by atoms with Crippen molar-refractivity contribution in [2.24, 2.45) is 0 Å². The molecule has 1 amide bonds. The highest BCUT2D eigenvalue weighted by Crippen LogP contribution is 2.30. The van der Waals surface area contributed by atoms with Crippen LogP contribution < -0.4 is 0 Å². The molecule has 21 heavy (non-hydrogen) atoms. The van der Waals surface area contributed by atoms with E-state index in [1.165, 1.54) is 11.1 Å². The number of amides is 1. The van der Waals surface area contributed by atoms with Crippen molar-refractivity contribution < 1.29 is 9.53 Å². The Morgan fingerprint density at radius 2 is 1.95 bits per heavy atom. The zero-order valence-electron chi connectivity index (χ0n) is 13.5. The van der Waals surface area contributed by atoms with Crippen LogP contribution in [0.2, 0.25) is 0 Å². The van der Waals surface area contributed by atoms with E-state index in [1.807, 2.05) is 4.90 Å². The van der Waals surface area contributed by atoms with Crippen LogP contribution >= 0.6 is 0 Å². The predicted molar refractivity (Wildman–Crippen MR) is 84.5 cm³/mol. The van der Waals surface area contributed by atoms with Gasteiger partial charge in [-0.25, -0.2) is 0 Å². The van der Waals surface area contributed by atoms with Gasteiger partial charge in [-0.1, -0.05) is 29.8 Å². The van der Waals surface area contributed by atoms with E-state index < -0.39 is 0 Å². The molecular formula is C17H26N2O2. The van der Waals surface area contributed by atoms with E-state index in [1.54, 1.807) is 7.11 Å². The minimum absolute atomic E-state index is 0.193. The van der Waals surface area contributed by atoms with Gasteiger partial charge in [-0.3, -0.25) is 4.79 Å². The molecule has 1 fully saturated rings. The number of methoxy groups -OCH3 is 1. The monoisotopic (exact) mass is 290 g/mol. The van der Waals surface area contributed by atoms with Gasteiger partial charge in [0.1, 0.15) is 0 Å². The number of likely N-dealkylation sites (N-methyl/N-ethyl adjacent to an activating group) is 1. The first-order chi connectivity index (χ1) is 10.0. The van der Waals surface area contributed by atoms with Gasteiger partial charge in [0.05, 0.1) is 13.0 Å². The van der Waals surface area contributed by atoms with Crippen LogP contribution in [0.1, 0.15) is 23.5 Å². The number of benzene rings is 1. The average Bonchev–Trinajstić information content (AvgIpc) is 2.91. The Hall–Kier alpha value is -1.39. The second kappa shape index (κ2) is 7.05. The Bertz CT molecular complexity index is 470. The van der Waals surface area contributed by atoms with Crippen LogP contribution in [-0.2, 0) is 9.53 Å². The fourth-order valence-corrected chi connectivity index (χ4v) is 3.00. The maximum Gasteiger partial charge on any atom is 0.224 e. The molecule has 0 radical (unpaired) electrons. The minimum Gasteiger partial charge on any atom is -0.384 e. The van der Waals surface area contributed by atoms with Crippen molar-refractivity contribution >= 4 is 5.91 Å². The van der Waals surface area contributed by atoms with Gasteiger partial charge in [-0.15, -0.1) is 0 Å². The maximum atomic E-state index is 12.2. The summed E-state index contributed by atoms with van der Waals surface area (Å²) in [4.78, 5) is 16.4. The summed E-state index contributed by atoms with van der Waals surface area (Å²) in [6, 6.07) is 9.06. The summed E-state index contributed by atoms with van der Waals surface area (Å²) in [5, 5.41) is 0. The second-order valence-corrected chi connectivity index (χ2v) is 6.09. The fourth-order valence-electron chi connectivity index (χ4n) is 3.00. The molecule has 1 heterocycles. The first kappa shape index (κ1) is 16.0. The Labute approximate surface area is 127 Å². The molecule has 0 unspecified atom stereocenters. The maximum absolute atomic E-state index is 12.2. The van der Waals surface area contributed by atoms with Crippen molar-refractivity contribution in [3.63, 3.8) is 0 Å². The molecule has 1 aliphatic heterocycles. The number of nitrogens with zero attached hydrogens (tertiary/aromatic N) is 2. The summed E-state index contributed by atoms with van der Waals surface area (Å²) in [5.74, 6) is 0.574. The van der Waals surface area contributed by atoms with Gasteiger partial charge in [-0.05, 0) is 26.6 Å². The number of carbonyl (C=O) groups excluding carboxylic acids is 1. The van der Waals surface area contributed by atoms with Crippen LogP contribution in [0.3, 0.4) is 0 Å². The number of likely N-dealkylation sites (tertiary alicyclic amines) is 1. The van der Waals surface area contributed by atoms with Crippen molar-refractivity contribution in [2.75, 3.05) is 40.9 Å². The van der Waals surface area contributed by atoms with Crippen molar-refractivity contribution in [3.8, 4) is 0 Å². The van der Waals surface area contributed by atoms with Crippen LogP contribution in [0, 0.1) is 6.92 Å². The number of carbonyl (C=O) groups is 1. The summed E-state index contributed by atoms with van der Waals surface area (Å²) < 4.78 is 5.01. The molecule has 0 aromatic heterocycles. The lowest BCUT2D eigenvalue weighted by molar-refractivity contribution is -0.131. The van der Waals surface area contributed by atoms with Gasteiger partial charge < -0.3 is 14.5 Å². The molecule has 0 aliphatic carbocycles. The van der Waals surface area contributed by atoms with Crippen LogP contribution in [0.15, 0.2) is 24.3 Å². The lowest BCUT2D eigenvalue weighted by Gasteiger charge is -2.25. The van der Waals surface area contributed by atoms with Crippen LogP contribution in [0.25, 0.3) is 0 Å². The van der Waals surface area contributed by atoms with Crippen molar-refractivity contribution in [1.29, 1.82) is 0 Å². The van der Waals surface area contributed by atoms with E-state index in [2.05, 4.69) is 50.2 Å². The largest absolute Gasteiger partial charge is 0.384 e. The van der Waals surface area contributed by atoms with Gasteiger partial charge in [0.2, 0.25) is 5.91 Å². The molecule has 0 spiro atoms. The zero-order valence-corrected chi connectivity index (χ0v) is 13.5. The number of aryl methyl sites for hydroxylation is 1. The number of hydrogen-bond donors (Lipinski definition) is 0. The predicted octanol–water partition coefficient (Wildman–Crippen LogP) is 1.89. The lowest BCUT2D eigenvalue weighted by Crippen LogP contribution is -2.36. The normalized spacial score (nSPS) is 22.0. The van der Waals surface area contributed by atoms with Crippen molar-refractivity contribution in [1.82, 2.24) is 9.80 Å². The SMILES string of the molecule is COCCC(=O)N1C[C@@H](N(C)C)[C@H](c2ccc(C)cc2)C1. The number of hydrogen-bond acceptors (Lipinski definition) is 3. The highest BCUT2D eigenvalue weighted by Gasteiger charge is 2.36. The number of ether oxygens (including phenoxy) is 1. The molecular weight excluding hydrogens is 264 g/mol. The van der Waals surface area contributed by atoms with E-state index in [9.17, 15) is 4.79 Å². The summed E-state index contributed by atoms with van der Waals surface area (Å²) >= 11 is 0. The number of rotatable bonds is 5. The molecule has 0 bridgehead atoms. The first-order valence-corrected chi connectivity index (χ1v) is 7.52. The van der Waals surface area contributed by atoms with Gasteiger partial charge in [0, 0.05) is 32.2 Å². The molecule has 116 valence electrons. The molecule has 1 aliphatic rings. The van der Waals surface area contributed by atoms with E-state index in [0.717, 1.165) is 13.1 Å². The van der Waals surface area contributed by atoms with E-state index in [4.69, 9.17) is 4.74 Å². The Morgan fingerprint density at radius 3 is 2.52 bits per heavy atom. The average molecular weight is 290 g/mol. The van der Waals surface area contributed by atoms with E-state index in [0.29, 0.717) is 25.0 Å². The van der Waals surface area contributed by atoms with E-state index in [-0.39, 0.29) is 5.91 Å². The van der Waals surface area contributed by atoms with Gasteiger partial charge >= 0.3 is 0 Å². The van der Waals surface area contributed by atoms with Gasteiger partial charge in [0.25, 0.3) is 0 Å². The van der Waals surface area contributed by atoms with Gasteiger partial charge in [-0.2, -0.15) is 0 Å². The van der Waals surface area contributed by atoms with Crippen molar-refractivity contribution in [2.45, 2.75) is 25.3 Å². The Balaban J connectivity index is 2.12. The molecule has 0 saturated carbocycles. The summed E-state index contributed by atoms with van der Waals surface area (Å²) in [5.41, 5.74) is 2.59. The molecule has 1 saturated heterocycles. The molecule has 1 aromatic carbocycles. The van der Waals surface area contributed by atoms with Crippen LogP contribution in [0.4, 0.5) is 0 Å². The molecule has 2 rings (SSSR count). The Kier molecular flexibility index (Phi) is 5.37. The van der Waals surface area contributed by atoms with Crippen molar-refractivity contribution in [3.05, 3.63) is 35.4 Å². The van der Waals surface area contributed by atoms with Gasteiger partial charge in [0.15, 0.2) is 0 Å². The summed E-state index contributed by atoms with van der Waals surface area (Å²) in [6.07, 6.45) is 0.470. The van der Waals surface area contributed by atoms with E-state index >= 15 is 0 Å². The smallest absolute Gasteiger partial charge is 0.224 e. The third-order valence-electron chi connectivity index (χ3n) is 4.33. The zero-order chi connectivity index (χ0) is 15.4. The first-order valence-electron chi connectivity index (χ1n) is 7.52. The highest BCUT2D eigenvalue weighted by atomic mass is 16.5.